The van der Waals surface area contributed by atoms with E-state index >= 15 is 0 Å². The summed E-state index contributed by atoms with van der Waals surface area (Å²) in [5.41, 5.74) is 2.28. The topological polar surface area (TPSA) is 21.3 Å². The molecule has 1 aliphatic heterocycles. The largest absolute Gasteiger partial charge is 0.372 e. The van der Waals surface area contributed by atoms with Crippen LogP contribution in [0.5, 0.6) is 0 Å². The summed E-state index contributed by atoms with van der Waals surface area (Å²) in [5.74, 6) is 0. The summed E-state index contributed by atoms with van der Waals surface area (Å²) in [6.45, 7) is 1.55. The Morgan fingerprint density at radius 2 is 1.74 bits per heavy atom. The van der Waals surface area contributed by atoms with E-state index in [-0.39, 0.29) is 24.6 Å². The minimum Gasteiger partial charge on any atom is -0.372 e. The van der Waals surface area contributed by atoms with Crippen molar-refractivity contribution in [2.45, 2.75) is 31.6 Å². The van der Waals surface area contributed by atoms with Gasteiger partial charge in [-0.15, -0.1) is 12.4 Å². The number of hydrogen-bond acceptors (Lipinski definition) is 2. The van der Waals surface area contributed by atoms with E-state index in [1.54, 1.807) is 6.07 Å². The van der Waals surface area contributed by atoms with Crippen LogP contribution in [0.1, 0.15) is 30.0 Å². The lowest BCUT2D eigenvalue weighted by molar-refractivity contribution is -0.00356. The van der Waals surface area contributed by atoms with Crippen LogP contribution in [0.3, 0.4) is 0 Å². The molecule has 0 amide bonds. The van der Waals surface area contributed by atoms with Crippen LogP contribution in [0.4, 0.5) is 0 Å². The molecule has 2 aromatic rings. The molecule has 1 aliphatic rings. The van der Waals surface area contributed by atoms with Crippen molar-refractivity contribution in [3.05, 3.63) is 69.7 Å². The lowest BCUT2D eigenvalue weighted by atomic mass is 9.94. The van der Waals surface area contributed by atoms with Gasteiger partial charge in [-0.25, -0.2) is 0 Å². The highest BCUT2D eigenvalue weighted by molar-refractivity contribution is 6.34. The molecule has 1 fully saturated rings. The van der Waals surface area contributed by atoms with Crippen molar-refractivity contribution in [1.82, 2.24) is 5.32 Å². The Morgan fingerprint density at radius 3 is 2.43 bits per heavy atom. The standard InChI is InChI=1S/C18H19Cl2NO.ClH/c19-15-9-13(10-16(20)11-15)12-22-17-7-4-8-21-18(17)14-5-2-1-3-6-14;/h1-3,5-6,9-11,17-18,21H,4,7-8,12H2;1H. The summed E-state index contributed by atoms with van der Waals surface area (Å²) >= 11 is 12.1. The van der Waals surface area contributed by atoms with Gasteiger partial charge >= 0.3 is 0 Å². The van der Waals surface area contributed by atoms with E-state index in [0.29, 0.717) is 16.7 Å². The first-order valence-corrected chi connectivity index (χ1v) is 8.33. The quantitative estimate of drug-likeness (QED) is 0.773. The molecule has 2 nitrogen and oxygen atoms in total. The summed E-state index contributed by atoms with van der Waals surface area (Å²) in [7, 11) is 0. The van der Waals surface area contributed by atoms with Crippen LogP contribution in [0.15, 0.2) is 48.5 Å². The normalized spacial score (nSPS) is 20.8. The second kappa shape index (κ2) is 8.91. The Balaban J connectivity index is 0.00000192. The van der Waals surface area contributed by atoms with E-state index in [4.69, 9.17) is 27.9 Å². The Hall–Kier alpha value is -0.770. The van der Waals surface area contributed by atoms with Crippen LogP contribution in [-0.2, 0) is 11.3 Å². The lowest BCUT2D eigenvalue weighted by Gasteiger charge is -2.33. The summed E-state index contributed by atoms with van der Waals surface area (Å²) in [5, 5.41) is 4.86. The number of nitrogens with one attached hydrogen (secondary N) is 1. The van der Waals surface area contributed by atoms with Crippen molar-refractivity contribution in [3.63, 3.8) is 0 Å². The monoisotopic (exact) mass is 371 g/mol. The first kappa shape index (κ1) is 18.6. The van der Waals surface area contributed by atoms with E-state index in [2.05, 4.69) is 29.6 Å². The van der Waals surface area contributed by atoms with Gasteiger partial charge in [0, 0.05) is 10.0 Å². The number of benzene rings is 2. The van der Waals surface area contributed by atoms with Crippen molar-refractivity contribution in [1.29, 1.82) is 0 Å². The zero-order chi connectivity index (χ0) is 15.4. The van der Waals surface area contributed by atoms with Crippen molar-refractivity contribution >= 4 is 35.6 Å². The van der Waals surface area contributed by atoms with Gasteiger partial charge in [0.2, 0.25) is 0 Å². The predicted octanol–water partition coefficient (Wildman–Crippen LogP) is 5.43. The Morgan fingerprint density at radius 1 is 1.04 bits per heavy atom. The predicted molar refractivity (Wildman–Crippen MR) is 98.7 cm³/mol. The van der Waals surface area contributed by atoms with Crippen LogP contribution in [0.25, 0.3) is 0 Å². The third-order valence-corrected chi connectivity index (χ3v) is 4.38. The molecule has 0 aliphatic carbocycles. The minimum absolute atomic E-state index is 0. The average molecular weight is 373 g/mol. The number of hydrogen-bond donors (Lipinski definition) is 1. The highest BCUT2D eigenvalue weighted by Gasteiger charge is 2.26. The van der Waals surface area contributed by atoms with E-state index in [1.165, 1.54) is 5.56 Å². The molecule has 0 saturated carbocycles. The first-order valence-electron chi connectivity index (χ1n) is 7.57. The fourth-order valence-corrected chi connectivity index (χ4v) is 3.50. The van der Waals surface area contributed by atoms with Crippen LogP contribution >= 0.6 is 35.6 Å². The molecule has 0 bridgehead atoms. The lowest BCUT2D eigenvalue weighted by Crippen LogP contribution is -2.39. The highest BCUT2D eigenvalue weighted by atomic mass is 35.5. The Labute approximate surface area is 153 Å². The van der Waals surface area contributed by atoms with E-state index in [0.717, 1.165) is 24.9 Å². The van der Waals surface area contributed by atoms with Gasteiger partial charge in [0.15, 0.2) is 0 Å². The molecule has 5 heteroatoms. The number of ether oxygens (including phenoxy) is 1. The van der Waals surface area contributed by atoms with Crippen molar-refractivity contribution < 1.29 is 4.74 Å². The third kappa shape index (κ3) is 5.10. The molecular formula is C18H20Cl3NO. The van der Waals surface area contributed by atoms with Gasteiger partial charge in [0.1, 0.15) is 0 Å². The van der Waals surface area contributed by atoms with Gasteiger partial charge in [-0.3, -0.25) is 0 Å². The Bertz CT molecular complexity index is 601. The summed E-state index contributed by atoms with van der Waals surface area (Å²) < 4.78 is 6.17. The van der Waals surface area contributed by atoms with Crippen LogP contribution in [0, 0.1) is 0 Å². The van der Waals surface area contributed by atoms with Gasteiger partial charge in [-0.05, 0) is 48.7 Å². The van der Waals surface area contributed by atoms with Gasteiger partial charge < -0.3 is 10.1 Å². The average Bonchev–Trinajstić information content (AvgIpc) is 2.53. The summed E-state index contributed by atoms with van der Waals surface area (Å²) in [6, 6.07) is 16.3. The van der Waals surface area contributed by atoms with Crippen LogP contribution in [0.2, 0.25) is 10.0 Å². The maximum atomic E-state index is 6.17. The summed E-state index contributed by atoms with van der Waals surface area (Å²) in [6.07, 6.45) is 2.35. The first-order chi connectivity index (χ1) is 10.7. The van der Waals surface area contributed by atoms with E-state index < -0.39 is 0 Å². The molecule has 1 saturated heterocycles. The number of rotatable bonds is 4. The zero-order valence-electron chi connectivity index (χ0n) is 12.7. The van der Waals surface area contributed by atoms with Crippen LogP contribution < -0.4 is 5.32 Å². The number of piperidine rings is 1. The fourth-order valence-electron chi connectivity index (χ4n) is 2.93. The maximum absolute atomic E-state index is 6.17. The van der Waals surface area contributed by atoms with Gasteiger partial charge in [0.25, 0.3) is 0 Å². The fraction of sp³-hybridized carbons (Fsp3) is 0.333. The molecule has 3 rings (SSSR count). The highest BCUT2D eigenvalue weighted by Crippen LogP contribution is 2.27. The third-order valence-electron chi connectivity index (χ3n) is 3.95. The SMILES string of the molecule is Cl.Clc1cc(Cl)cc(COC2CCCNC2c2ccccc2)c1. The van der Waals surface area contributed by atoms with Gasteiger partial charge in [-0.1, -0.05) is 53.5 Å². The molecule has 2 aromatic carbocycles. The van der Waals surface area contributed by atoms with Crippen LogP contribution in [-0.4, -0.2) is 12.6 Å². The molecule has 1 N–H and O–H groups in total. The molecule has 124 valence electrons. The molecule has 0 spiro atoms. The molecule has 2 atom stereocenters. The minimum atomic E-state index is 0. The van der Waals surface area contributed by atoms with E-state index in [9.17, 15) is 0 Å². The summed E-state index contributed by atoms with van der Waals surface area (Å²) in [4.78, 5) is 0. The van der Waals surface area contributed by atoms with Crippen molar-refractivity contribution in [2.24, 2.45) is 0 Å². The maximum Gasteiger partial charge on any atom is 0.0774 e. The second-order valence-corrected chi connectivity index (χ2v) is 6.48. The van der Waals surface area contributed by atoms with Crippen molar-refractivity contribution in [2.75, 3.05) is 6.54 Å². The molecular weight excluding hydrogens is 353 g/mol. The molecule has 1 heterocycles. The van der Waals surface area contributed by atoms with Gasteiger partial charge in [0.05, 0.1) is 18.8 Å². The molecule has 0 aromatic heterocycles. The molecule has 0 radical (unpaired) electrons. The van der Waals surface area contributed by atoms with Gasteiger partial charge in [-0.2, -0.15) is 0 Å². The second-order valence-electron chi connectivity index (χ2n) is 5.61. The smallest absolute Gasteiger partial charge is 0.0774 e. The zero-order valence-corrected chi connectivity index (χ0v) is 15.0. The van der Waals surface area contributed by atoms with E-state index in [1.807, 2.05) is 18.2 Å². The molecule has 23 heavy (non-hydrogen) atoms. The number of halogens is 3. The molecule has 2 unspecified atom stereocenters. The van der Waals surface area contributed by atoms with Crippen molar-refractivity contribution in [3.8, 4) is 0 Å². The Kier molecular flexibility index (Phi) is 7.19.